The van der Waals surface area contributed by atoms with Crippen molar-refractivity contribution < 1.29 is 0 Å². The third-order valence-corrected chi connectivity index (χ3v) is 5.80. The van der Waals surface area contributed by atoms with E-state index in [1.54, 1.807) is 0 Å². The lowest BCUT2D eigenvalue weighted by Gasteiger charge is -2.23. The number of rotatable bonds is 2. The van der Waals surface area contributed by atoms with E-state index >= 15 is 0 Å². The van der Waals surface area contributed by atoms with E-state index in [9.17, 15) is 0 Å². The number of fused-ring (bicyclic) bond motifs is 1. The molecule has 4 rings (SSSR count). The lowest BCUT2D eigenvalue weighted by atomic mass is 9.87. The summed E-state index contributed by atoms with van der Waals surface area (Å²) in [6, 6.07) is 15.8. The molecule has 0 unspecified atom stereocenters. The second kappa shape index (κ2) is 5.86. The van der Waals surface area contributed by atoms with Crippen molar-refractivity contribution in [2.75, 3.05) is 13.1 Å². The second-order valence-electron chi connectivity index (χ2n) is 6.24. The molecule has 1 aliphatic heterocycles. The molecule has 1 aromatic heterocycles. The molecule has 0 aliphatic carbocycles. The lowest BCUT2D eigenvalue weighted by Crippen LogP contribution is -2.26. The molecule has 2 heterocycles. The molecule has 0 radical (unpaired) electrons. The fraction of sp³-hybridized carbons (Fsp3) is 0.300. The highest BCUT2D eigenvalue weighted by atomic mass is 32.1. The first-order chi connectivity index (χ1) is 10.8. The average molecular weight is 307 g/mol. The van der Waals surface area contributed by atoms with E-state index in [4.69, 9.17) is 0 Å². The number of piperidine rings is 1. The Labute approximate surface area is 136 Å². The predicted molar refractivity (Wildman–Crippen MR) is 96.8 cm³/mol. The van der Waals surface area contributed by atoms with Gasteiger partial charge in [-0.2, -0.15) is 0 Å². The zero-order valence-electron chi connectivity index (χ0n) is 12.9. The number of hydrogen-bond acceptors (Lipinski definition) is 2. The molecule has 112 valence electrons. The topological polar surface area (TPSA) is 12.0 Å². The number of hydrogen-bond donors (Lipinski definition) is 1. The van der Waals surface area contributed by atoms with Gasteiger partial charge in [0, 0.05) is 15.6 Å². The van der Waals surface area contributed by atoms with Crippen molar-refractivity contribution in [1.82, 2.24) is 5.32 Å². The van der Waals surface area contributed by atoms with Gasteiger partial charge < -0.3 is 5.32 Å². The zero-order valence-corrected chi connectivity index (χ0v) is 13.7. The standard InChI is InChI=1S/C20H21NS/c1-14-12-16(15-8-10-21-11-9-15)6-7-17(14)19-13-22-20-5-3-2-4-18(19)20/h2-7,12-13,15,21H,8-11H2,1H3. The number of nitrogens with one attached hydrogen (secondary N) is 1. The summed E-state index contributed by atoms with van der Waals surface area (Å²) in [5.74, 6) is 0.730. The summed E-state index contributed by atoms with van der Waals surface area (Å²) >= 11 is 1.84. The minimum atomic E-state index is 0.730. The Balaban J connectivity index is 1.73. The fourth-order valence-electron chi connectivity index (χ4n) is 3.58. The predicted octanol–water partition coefficient (Wildman–Crippen LogP) is 5.34. The van der Waals surface area contributed by atoms with Crippen LogP contribution in [0.25, 0.3) is 21.2 Å². The summed E-state index contributed by atoms with van der Waals surface area (Å²) in [6.07, 6.45) is 2.53. The van der Waals surface area contributed by atoms with Crippen LogP contribution in [0.3, 0.4) is 0 Å². The van der Waals surface area contributed by atoms with E-state index < -0.39 is 0 Å². The van der Waals surface area contributed by atoms with Crippen LogP contribution in [0, 0.1) is 6.92 Å². The first-order valence-corrected chi connectivity index (χ1v) is 8.99. The third-order valence-electron chi connectivity index (χ3n) is 4.83. The minimum Gasteiger partial charge on any atom is -0.317 e. The van der Waals surface area contributed by atoms with Crippen molar-refractivity contribution in [3.05, 3.63) is 59.0 Å². The van der Waals surface area contributed by atoms with Crippen molar-refractivity contribution in [2.24, 2.45) is 0 Å². The zero-order chi connectivity index (χ0) is 14.9. The fourth-order valence-corrected chi connectivity index (χ4v) is 4.55. The molecular formula is C20H21NS. The SMILES string of the molecule is Cc1cc(C2CCNCC2)ccc1-c1csc2ccccc12. The number of aryl methyl sites for hydroxylation is 1. The van der Waals surface area contributed by atoms with Crippen molar-refractivity contribution in [2.45, 2.75) is 25.7 Å². The summed E-state index contributed by atoms with van der Waals surface area (Å²) in [5, 5.41) is 7.14. The van der Waals surface area contributed by atoms with E-state index in [0.29, 0.717) is 0 Å². The molecule has 2 aromatic carbocycles. The van der Waals surface area contributed by atoms with Gasteiger partial charge in [0.05, 0.1) is 0 Å². The van der Waals surface area contributed by atoms with Crippen LogP contribution in [-0.2, 0) is 0 Å². The highest BCUT2D eigenvalue weighted by Gasteiger charge is 2.16. The average Bonchev–Trinajstić information content (AvgIpc) is 2.99. The highest BCUT2D eigenvalue weighted by molar-refractivity contribution is 7.17. The minimum absolute atomic E-state index is 0.730. The Kier molecular flexibility index (Phi) is 3.73. The van der Waals surface area contributed by atoms with Crippen LogP contribution in [0.4, 0.5) is 0 Å². The van der Waals surface area contributed by atoms with Gasteiger partial charge in [0.1, 0.15) is 0 Å². The molecule has 1 nitrogen and oxygen atoms in total. The van der Waals surface area contributed by atoms with E-state index in [2.05, 4.69) is 60.1 Å². The van der Waals surface area contributed by atoms with Gasteiger partial charge in [-0.15, -0.1) is 11.3 Å². The maximum Gasteiger partial charge on any atom is 0.0349 e. The summed E-state index contributed by atoms with van der Waals surface area (Å²) < 4.78 is 1.37. The quantitative estimate of drug-likeness (QED) is 0.673. The van der Waals surface area contributed by atoms with Crippen LogP contribution in [0.2, 0.25) is 0 Å². The van der Waals surface area contributed by atoms with Gasteiger partial charge in [0.25, 0.3) is 0 Å². The molecule has 1 N–H and O–H groups in total. The third kappa shape index (κ3) is 2.47. The first-order valence-electron chi connectivity index (χ1n) is 8.11. The summed E-state index contributed by atoms with van der Waals surface area (Å²) in [5.41, 5.74) is 5.69. The van der Waals surface area contributed by atoms with E-state index in [-0.39, 0.29) is 0 Å². The van der Waals surface area contributed by atoms with Crippen LogP contribution in [0.15, 0.2) is 47.8 Å². The Hall–Kier alpha value is -1.64. The van der Waals surface area contributed by atoms with E-state index in [1.807, 2.05) is 11.3 Å². The second-order valence-corrected chi connectivity index (χ2v) is 7.16. The highest BCUT2D eigenvalue weighted by Crippen LogP contribution is 2.37. The molecule has 2 heteroatoms. The Morgan fingerprint density at radius 3 is 2.64 bits per heavy atom. The van der Waals surface area contributed by atoms with Crippen molar-refractivity contribution in [3.63, 3.8) is 0 Å². The normalized spacial score (nSPS) is 16.2. The van der Waals surface area contributed by atoms with E-state index in [0.717, 1.165) is 19.0 Å². The molecule has 1 aliphatic rings. The molecule has 0 amide bonds. The van der Waals surface area contributed by atoms with Crippen LogP contribution < -0.4 is 5.32 Å². The Morgan fingerprint density at radius 1 is 1.00 bits per heavy atom. The van der Waals surface area contributed by atoms with Gasteiger partial charge in [-0.25, -0.2) is 0 Å². The monoisotopic (exact) mass is 307 g/mol. The summed E-state index contributed by atoms with van der Waals surface area (Å²) in [6.45, 7) is 4.56. The molecule has 0 saturated carbocycles. The molecule has 0 bridgehead atoms. The van der Waals surface area contributed by atoms with Crippen LogP contribution in [0.1, 0.15) is 29.9 Å². The van der Waals surface area contributed by atoms with Gasteiger partial charge in [-0.3, -0.25) is 0 Å². The van der Waals surface area contributed by atoms with Gasteiger partial charge in [-0.05, 0) is 66.9 Å². The molecular weight excluding hydrogens is 286 g/mol. The maximum atomic E-state index is 3.45. The Morgan fingerprint density at radius 2 is 1.82 bits per heavy atom. The molecule has 0 atom stereocenters. The lowest BCUT2D eigenvalue weighted by molar-refractivity contribution is 0.460. The van der Waals surface area contributed by atoms with E-state index in [1.165, 1.54) is 45.2 Å². The number of thiophene rings is 1. The first kappa shape index (κ1) is 14.0. The smallest absolute Gasteiger partial charge is 0.0349 e. The summed E-state index contributed by atoms with van der Waals surface area (Å²) in [4.78, 5) is 0. The van der Waals surface area contributed by atoms with Crippen LogP contribution in [-0.4, -0.2) is 13.1 Å². The van der Waals surface area contributed by atoms with Crippen LogP contribution in [0.5, 0.6) is 0 Å². The molecule has 1 fully saturated rings. The molecule has 1 saturated heterocycles. The van der Waals surface area contributed by atoms with Crippen molar-refractivity contribution in [3.8, 4) is 11.1 Å². The van der Waals surface area contributed by atoms with Gasteiger partial charge >= 0.3 is 0 Å². The molecule has 3 aromatic rings. The molecule has 0 spiro atoms. The van der Waals surface area contributed by atoms with Crippen molar-refractivity contribution >= 4 is 21.4 Å². The number of benzene rings is 2. The Bertz CT molecular complexity index is 796. The van der Waals surface area contributed by atoms with Gasteiger partial charge in [0.15, 0.2) is 0 Å². The summed E-state index contributed by atoms with van der Waals surface area (Å²) in [7, 11) is 0. The van der Waals surface area contributed by atoms with Gasteiger partial charge in [0.2, 0.25) is 0 Å². The maximum absolute atomic E-state index is 3.45. The molecule has 22 heavy (non-hydrogen) atoms. The largest absolute Gasteiger partial charge is 0.317 e. The van der Waals surface area contributed by atoms with Gasteiger partial charge in [-0.1, -0.05) is 36.4 Å². The van der Waals surface area contributed by atoms with Crippen LogP contribution >= 0.6 is 11.3 Å². The van der Waals surface area contributed by atoms with Crippen molar-refractivity contribution in [1.29, 1.82) is 0 Å².